The quantitative estimate of drug-likeness (QED) is 0.179. The van der Waals surface area contributed by atoms with Gasteiger partial charge in [-0.25, -0.2) is 13.9 Å². The topological polar surface area (TPSA) is 125 Å². The van der Waals surface area contributed by atoms with Gasteiger partial charge in [0.1, 0.15) is 16.2 Å². The van der Waals surface area contributed by atoms with Crippen LogP contribution < -0.4 is 5.48 Å². The molecule has 0 saturated carbocycles. The number of sulfone groups is 1. The Balaban J connectivity index is 1.93. The third kappa shape index (κ3) is 4.82. The molecule has 0 saturated heterocycles. The Bertz CT molecular complexity index is 1070. The molecule has 3 N–H and O–H groups in total. The summed E-state index contributed by atoms with van der Waals surface area (Å²) < 4.78 is 30.7. The minimum atomic E-state index is -4.21. The zero-order valence-electron chi connectivity index (χ0n) is 18.0. The van der Waals surface area contributed by atoms with Gasteiger partial charge in [0.2, 0.25) is 9.84 Å². The molecule has 3 aromatic rings. The van der Waals surface area contributed by atoms with Crippen molar-refractivity contribution in [3.05, 3.63) is 48.5 Å². The summed E-state index contributed by atoms with van der Waals surface area (Å²) in [6.07, 6.45) is 9.89. The van der Waals surface area contributed by atoms with Crippen LogP contribution in [0.5, 0.6) is 0 Å². The largest absolute Gasteiger partial charge is 0.364 e. The first-order chi connectivity index (χ1) is 15.5. The summed E-state index contributed by atoms with van der Waals surface area (Å²) in [5, 5.41) is 13.4. The maximum atomic E-state index is 13.9. The van der Waals surface area contributed by atoms with Crippen molar-refractivity contribution < 1.29 is 22.9 Å². The van der Waals surface area contributed by atoms with Crippen molar-refractivity contribution in [3.63, 3.8) is 0 Å². The summed E-state index contributed by atoms with van der Waals surface area (Å²) in [6, 6.07) is 7.96. The molecule has 0 aliphatic heterocycles. The third-order valence-corrected chi connectivity index (χ3v) is 9.63. The fraction of sp³-hybridized carbons (Fsp3) is 0.455. The lowest BCUT2D eigenvalue weighted by Crippen LogP contribution is -2.49. The average molecular weight is 480 g/mol. The number of amides is 1. The van der Waals surface area contributed by atoms with Gasteiger partial charge in [-0.1, -0.05) is 57.0 Å². The number of carbonyl (C=O) groups excluding carboxylic acids is 1. The molecule has 8 nitrogen and oxygen atoms in total. The zero-order valence-corrected chi connectivity index (χ0v) is 19.7. The third-order valence-electron chi connectivity index (χ3n) is 5.63. The second-order valence-corrected chi connectivity index (χ2v) is 11.2. The zero-order chi connectivity index (χ0) is 23.0. The van der Waals surface area contributed by atoms with E-state index in [1.165, 1.54) is 18.8 Å². The minimum Gasteiger partial charge on any atom is -0.364 e. The molecule has 32 heavy (non-hydrogen) atoms. The van der Waals surface area contributed by atoms with Gasteiger partial charge < -0.3 is 9.51 Å². The predicted molar refractivity (Wildman–Crippen MR) is 122 cm³/mol. The van der Waals surface area contributed by atoms with Crippen molar-refractivity contribution in [3.8, 4) is 10.6 Å². The standard InChI is InChI=1S/C22H29N3O5S2/c1-2-3-4-5-6-7-8-14-22(21(26)24-27,19-10-9-15-23-19)32(28,29)20-12-11-18(31-20)17-13-16-30-25-17/h9-13,15-16,23,27H,2-8,14H2,1H3,(H,24,26). The van der Waals surface area contributed by atoms with E-state index in [0.29, 0.717) is 17.0 Å². The van der Waals surface area contributed by atoms with E-state index in [0.717, 1.165) is 43.4 Å². The van der Waals surface area contributed by atoms with E-state index < -0.39 is 20.5 Å². The van der Waals surface area contributed by atoms with Crippen LogP contribution in [-0.4, -0.2) is 29.7 Å². The highest BCUT2D eigenvalue weighted by Crippen LogP contribution is 2.43. The van der Waals surface area contributed by atoms with Crippen molar-refractivity contribution in [2.24, 2.45) is 0 Å². The number of H-pyrrole nitrogens is 1. The van der Waals surface area contributed by atoms with Crippen molar-refractivity contribution >= 4 is 27.1 Å². The van der Waals surface area contributed by atoms with E-state index in [-0.39, 0.29) is 16.3 Å². The molecule has 174 valence electrons. The summed E-state index contributed by atoms with van der Waals surface area (Å²) in [7, 11) is -4.21. The lowest BCUT2D eigenvalue weighted by molar-refractivity contribution is -0.132. The fourth-order valence-electron chi connectivity index (χ4n) is 3.89. The number of hydroxylamine groups is 1. The molecule has 0 bridgehead atoms. The molecular formula is C22H29N3O5S2. The molecule has 0 fully saturated rings. The van der Waals surface area contributed by atoms with E-state index >= 15 is 0 Å². The number of aromatic amines is 1. The monoisotopic (exact) mass is 479 g/mol. The van der Waals surface area contributed by atoms with Crippen LogP contribution in [0.25, 0.3) is 10.6 Å². The number of thiophene rings is 1. The summed E-state index contributed by atoms with van der Waals surface area (Å²) in [4.78, 5) is 16.5. The number of nitrogens with one attached hydrogen (secondary N) is 2. The van der Waals surface area contributed by atoms with Crippen LogP contribution in [0.2, 0.25) is 0 Å². The van der Waals surface area contributed by atoms with Gasteiger partial charge in [-0.15, -0.1) is 11.3 Å². The number of aromatic nitrogens is 2. The van der Waals surface area contributed by atoms with E-state index in [1.807, 2.05) is 0 Å². The number of hydrogen-bond acceptors (Lipinski definition) is 7. The Hall–Kier alpha value is -2.43. The Morgan fingerprint density at radius 1 is 1.16 bits per heavy atom. The normalized spacial score (nSPS) is 13.7. The van der Waals surface area contributed by atoms with Crippen molar-refractivity contribution in [1.29, 1.82) is 0 Å². The Morgan fingerprint density at radius 2 is 1.91 bits per heavy atom. The molecule has 10 heteroatoms. The van der Waals surface area contributed by atoms with E-state index in [2.05, 4.69) is 17.1 Å². The molecular weight excluding hydrogens is 450 g/mol. The maximum absolute atomic E-state index is 13.9. The number of unbranched alkanes of at least 4 members (excludes halogenated alkanes) is 6. The van der Waals surface area contributed by atoms with Crippen LogP contribution in [0.3, 0.4) is 0 Å². The van der Waals surface area contributed by atoms with Gasteiger partial charge >= 0.3 is 0 Å². The lowest BCUT2D eigenvalue weighted by Gasteiger charge is -2.30. The predicted octanol–water partition coefficient (Wildman–Crippen LogP) is 5.05. The van der Waals surface area contributed by atoms with Crippen LogP contribution in [-0.2, 0) is 19.4 Å². The number of carbonyl (C=O) groups is 1. The van der Waals surface area contributed by atoms with Crippen molar-refractivity contribution in [2.75, 3.05) is 0 Å². The molecule has 1 atom stereocenters. The molecule has 1 unspecified atom stereocenters. The van der Waals surface area contributed by atoms with Gasteiger partial charge in [-0.3, -0.25) is 10.0 Å². The Kier molecular flexibility index (Phi) is 8.27. The number of rotatable bonds is 13. The first-order valence-corrected chi connectivity index (χ1v) is 13.1. The summed E-state index contributed by atoms with van der Waals surface area (Å²) in [5.41, 5.74) is 2.36. The van der Waals surface area contributed by atoms with Crippen LogP contribution in [0.4, 0.5) is 0 Å². The molecule has 3 rings (SSSR count). The fourth-order valence-corrected chi connectivity index (χ4v) is 7.43. The summed E-state index contributed by atoms with van der Waals surface area (Å²) >= 11 is 1.02. The van der Waals surface area contributed by atoms with Crippen molar-refractivity contribution in [2.45, 2.75) is 67.2 Å². The molecule has 0 aliphatic carbocycles. The Labute approximate surface area is 191 Å². The van der Waals surface area contributed by atoms with E-state index in [1.54, 1.807) is 35.9 Å². The highest BCUT2D eigenvalue weighted by Gasteiger charge is 2.54. The van der Waals surface area contributed by atoms with Gasteiger partial charge in [0.25, 0.3) is 5.91 Å². The second kappa shape index (κ2) is 10.9. The minimum absolute atomic E-state index is 0.0247. The van der Waals surface area contributed by atoms with Gasteiger partial charge in [0, 0.05) is 18.0 Å². The average Bonchev–Trinajstić information content (AvgIpc) is 3.57. The number of hydrogen-bond donors (Lipinski definition) is 3. The lowest BCUT2D eigenvalue weighted by atomic mass is 9.95. The van der Waals surface area contributed by atoms with Gasteiger partial charge in [-0.05, 0) is 30.7 Å². The van der Waals surface area contributed by atoms with Crippen LogP contribution in [0.15, 0.2) is 51.5 Å². The number of nitrogens with zero attached hydrogens (tertiary/aromatic N) is 1. The second-order valence-electron chi connectivity index (χ2n) is 7.73. The van der Waals surface area contributed by atoms with Gasteiger partial charge in [-0.2, -0.15) is 0 Å². The van der Waals surface area contributed by atoms with Gasteiger partial charge in [0.05, 0.1) is 4.88 Å². The van der Waals surface area contributed by atoms with E-state index in [9.17, 15) is 18.4 Å². The summed E-state index contributed by atoms with van der Waals surface area (Å²) in [5.74, 6) is -0.970. The smallest absolute Gasteiger partial charge is 0.271 e. The first kappa shape index (κ1) is 24.2. The molecule has 3 aromatic heterocycles. The highest BCUT2D eigenvalue weighted by atomic mass is 32.2. The van der Waals surface area contributed by atoms with Crippen LogP contribution in [0, 0.1) is 0 Å². The first-order valence-electron chi connectivity index (χ1n) is 10.8. The van der Waals surface area contributed by atoms with Crippen molar-refractivity contribution in [1.82, 2.24) is 15.6 Å². The Morgan fingerprint density at radius 3 is 2.53 bits per heavy atom. The molecule has 0 aliphatic rings. The molecule has 0 spiro atoms. The summed E-state index contributed by atoms with van der Waals surface area (Å²) in [6.45, 7) is 2.15. The van der Waals surface area contributed by atoms with Crippen LogP contribution in [0.1, 0.15) is 64.0 Å². The van der Waals surface area contributed by atoms with Crippen LogP contribution >= 0.6 is 11.3 Å². The highest BCUT2D eigenvalue weighted by molar-refractivity contribution is 7.95. The van der Waals surface area contributed by atoms with E-state index in [4.69, 9.17) is 4.52 Å². The molecule has 3 heterocycles. The SMILES string of the molecule is CCCCCCCCCC(C(=O)NO)(c1ccc[nH]1)S(=O)(=O)c1ccc(-c2ccon2)s1. The maximum Gasteiger partial charge on any atom is 0.271 e. The molecule has 1 amide bonds. The molecule has 0 radical (unpaired) electrons. The molecule has 0 aromatic carbocycles. The van der Waals surface area contributed by atoms with Gasteiger partial charge in [0.15, 0.2) is 4.75 Å².